The molecule has 2 aromatic rings. The van der Waals surface area contributed by atoms with Gasteiger partial charge in [0.15, 0.2) is 0 Å². The van der Waals surface area contributed by atoms with Crippen LogP contribution in [0.1, 0.15) is 5.82 Å². The molecule has 0 atom stereocenters. The number of rotatable bonds is 1. The van der Waals surface area contributed by atoms with Crippen LogP contribution in [0.25, 0.3) is 10.9 Å². The van der Waals surface area contributed by atoms with Gasteiger partial charge in [-0.25, -0.2) is 9.97 Å². The molecule has 2 rings (SSSR count). The molecule has 2 heterocycles. The Hall–Kier alpha value is -1.48. The van der Waals surface area contributed by atoms with Gasteiger partial charge < -0.3 is 10.3 Å². The first kappa shape index (κ1) is 11.0. The maximum atomic E-state index is 12.1. The van der Waals surface area contributed by atoms with Crippen LogP contribution in [-0.4, -0.2) is 28.3 Å². The largest absolute Gasteiger partial charge is 0.383 e. The van der Waals surface area contributed by atoms with E-state index in [0.29, 0.717) is 27.8 Å². The minimum absolute atomic E-state index is 0.365. The summed E-state index contributed by atoms with van der Waals surface area (Å²) in [5.74, 6) is 0.954. The summed E-state index contributed by atoms with van der Waals surface area (Å²) in [6.07, 6.45) is 3.19. The van der Waals surface area contributed by atoms with Crippen LogP contribution in [0, 0.1) is 6.92 Å². The molecule has 5 nitrogen and oxygen atoms in total. The number of aromatic nitrogens is 3. The molecule has 2 aromatic heterocycles. The summed E-state index contributed by atoms with van der Waals surface area (Å²) in [6, 6.07) is 0. The third-order valence-corrected chi connectivity index (χ3v) is 3.81. The topological polar surface area (TPSA) is 81.8 Å². The fourth-order valence-electron chi connectivity index (χ4n) is 1.62. The van der Waals surface area contributed by atoms with E-state index in [9.17, 15) is 4.57 Å². The molecule has 0 aromatic carbocycles. The van der Waals surface area contributed by atoms with E-state index in [4.69, 9.17) is 5.73 Å². The maximum absolute atomic E-state index is 12.1. The molecule has 0 amide bonds. The molecular formula is C10H13N4OP. The third-order valence-electron chi connectivity index (χ3n) is 2.31. The molecule has 0 saturated heterocycles. The third kappa shape index (κ3) is 1.78. The molecule has 0 bridgehead atoms. The molecule has 0 radical (unpaired) electrons. The molecule has 16 heavy (non-hydrogen) atoms. The molecule has 0 spiro atoms. The van der Waals surface area contributed by atoms with Gasteiger partial charge in [-0.3, -0.25) is 4.98 Å². The standard InChI is InChI=1S/C10H13N4OP/c1-6-13-7-4-12-5-8(16(2,3)15)9(7)10(11)14-6/h4-5H,1-3H3,(H2,11,13,14). The van der Waals surface area contributed by atoms with Crippen LogP contribution in [0.4, 0.5) is 5.82 Å². The highest BCUT2D eigenvalue weighted by Gasteiger charge is 2.18. The lowest BCUT2D eigenvalue weighted by molar-refractivity contribution is 0.588. The van der Waals surface area contributed by atoms with Crippen LogP contribution >= 0.6 is 7.14 Å². The van der Waals surface area contributed by atoms with Gasteiger partial charge in [0.2, 0.25) is 0 Å². The number of nitrogens with zero attached hydrogens (tertiary/aromatic N) is 3. The van der Waals surface area contributed by atoms with Crippen molar-refractivity contribution in [2.75, 3.05) is 19.1 Å². The monoisotopic (exact) mass is 236 g/mol. The zero-order chi connectivity index (χ0) is 11.9. The van der Waals surface area contributed by atoms with Crippen LogP contribution in [0.5, 0.6) is 0 Å². The number of hydrogen-bond acceptors (Lipinski definition) is 5. The Balaban J connectivity index is 2.93. The Labute approximate surface area is 93.5 Å². The van der Waals surface area contributed by atoms with Crippen molar-refractivity contribution in [1.29, 1.82) is 0 Å². The zero-order valence-corrected chi connectivity index (χ0v) is 10.3. The Kier molecular flexibility index (Phi) is 2.43. The second kappa shape index (κ2) is 3.52. The number of fused-ring (bicyclic) bond motifs is 1. The normalized spacial score (nSPS) is 11.9. The van der Waals surface area contributed by atoms with E-state index in [0.717, 1.165) is 0 Å². The van der Waals surface area contributed by atoms with Gasteiger partial charge in [-0.2, -0.15) is 0 Å². The van der Waals surface area contributed by atoms with Gasteiger partial charge in [-0.1, -0.05) is 0 Å². The van der Waals surface area contributed by atoms with Gasteiger partial charge in [0.1, 0.15) is 18.8 Å². The van der Waals surface area contributed by atoms with E-state index in [1.54, 1.807) is 32.6 Å². The first-order valence-electron chi connectivity index (χ1n) is 4.83. The van der Waals surface area contributed by atoms with E-state index >= 15 is 0 Å². The Morgan fingerprint density at radius 1 is 1.25 bits per heavy atom. The molecule has 0 aliphatic rings. The minimum Gasteiger partial charge on any atom is -0.383 e. The van der Waals surface area contributed by atoms with Gasteiger partial charge >= 0.3 is 0 Å². The smallest absolute Gasteiger partial charge is 0.135 e. The van der Waals surface area contributed by atoms with Crippen molar-refractivity contribution in [2.24, 2.45) is 0 Å². The average Bonchev–Trinajstić information content (AvgIpc) is 2.14. The van der Waals surface area contributed by atoms with Gasteiger partial charge in [-0.15, -0.1) is 0 Å². The molecular weight excluding hydrogens is 223 g/mol. The SMILES string of the molecule is Cc1nc(N)c2c(P(C)(C)=O)cncc2n1. The molecule has 0 unspecified atom stereocenters. The van der Waals surface area contributed by atoms with Crippen molar-refractivity contribution in [3.05, 3.63) is 18.2 Å². The molecule has 84 valence electrons. The van der Waals surface area contributed by atoms with E-state index in [-0.39, 0.29) is 0 Å². The fourth-order valence-corrected chi connectivity index (χ4v) is 2.74. The Morgan fingerprint density at radius 3 is 2.56 bits per heavy atom. The van der Waals surface area contributed by atoms with Crippen molar-refractivity contribution < 1.29 is 4.57 Å². The van der Waals surface area contributed by atoms with Crippen LogP contribution in [0.3, 0.4) is 0 Å². The second-order valence-electron chi connectivity index (χ2n) is 4.06. The summed E-state index contributed by atoms with van der Waals surface area (Å²) in [6.45, 7) is 5.13. The van der Waals surface area contributed by atoms with Crippen molar-refractivity contribution in [1.82, 2.24) is 15.0 Å². The highest BCUT2D eigenvalue weighted by Crippen LogP contribution is 2.37. The zero-order valence-electron chi connectivity index (χ0n) is 9.43. The van der Waals surface area contributed by atoms with Crippen molar-refractivity contribution in [3.63, 3.8) is 0 Å². The minimum atomic E-state index is -2.43. The van der Waals surface area contributed by atoms with E-state index < -0.39 is 7.14 Å². The van der Waals surface area contributed by atoms with E-state index in [2.05, 4.69) is 15.0 Å². The van der Waals surface area contributed by atoms with Crippen LogP contribution in [0.2, 0.25) is 0 Å². The lowest BCUT2D eigenvalue weighted by Gasteiger charge is -2.11. The number of pyridine rings is 1. The lowest BCUT2D eigenvalue weighted by atomic mass is 10.3. The van der Waals surface area contributed by atoms with Gasteiger partial charge in [0, 0.05) is 11.5 Å². The van der Waals surface area contributed by atoms with Gasteiger partial charge in [0.25, 0.3) is 0 Å². The maximum Gasteiger partial charge on any atom is 0.135 e. The second-order valence-corrected chi connectivity index (χ2v) is 7.24. The highest BCUT2D eigenvalue weighted by atomic mass is 31.2. The first-order valence-corrected chi connectivity index (χ1v) is 7.43. The van der Waals surface area contributed by atoms with E-state index in [1.165, 1.54) is 0 Å². The molecule has 0 saturated carbocycles. The highest BCUT2D eigenvalue weighted by molar-refractivity contribution is 7.70. The van der Waals surface area contributed by atoms with Gasteiger partial charge in [0.05, 0.1) is 17.1 Å². The molecule has 0 aliphatic carbocycles. The number of nitrogens with two attached hydrogens (primary N) is 1. The van der Waals surface area contributed by atoms with Gasteiger partial charge in [-0.05, 0) is 20.3 Å². The molecule has 2 N–H and O–H groups in total. The van der Waals surface area contributed by atoms with Crippen molar-refractivity contribution in [3.8, 4) is 0 Å². The predicted molar refractivity (Wildman–Crippen MR) is 65.6 cm³/mol. The number of anilines is 1. The number of hydrogen-bond donors (Lipinski definition) is 1. The van der Waals surface area contributed by atoms with E-state index in [1.807, 2.05) is 0 Å². The average molecular weight is 236 g/mol. The summed E-state index contributed by atoms with van der Waals surface area (Å²) in [5, 5.41) is 1.30. The van der Waals surface area contributed by atoms with Crippen molar-refractivity contribution >= 4 is 29.2 Å². The molecule has 0 aliphatic heterocycles. The van der Waals surface area contributed by atoms with Crippen LogP contribution < -0.4 is 11.0 Å². The quantitative estimate of drug-likeness (QED) is 0.751. The summed E-state index contributed by atoms with van der Waals surface area (Å²) < 4.78 is 12.1. The summed E-state index contributed by atoms with van der Waals surface area (Å²) in [7, 11) is -2.43. The van der Waals surface area contributed by atoms with Crippen LogP contribution in [0.15, 0.2) is 12.4 Å². The summed E-state index contributed by atoms with van der Waals surface area (Å²) in [4.78, 5) is 12.4. The summed E-state index contributed by atoms with van der Waals surface area (Å²) in [5.41, 5.74) is 6.50. The molecule has 6 heteroatoms. The lowest BCUT2D eigenvalue weighted by Crippen LogP contribution is -2.10. The summed E-state index contributed by atoms with van der Waals surface area (Å²) >= 11 is 0. The number of nitrogen functional groups attached to an aromatic ring is 1. The van der Waals surface area contributed by atoms with Crippen LogP contribution in [-0.2, 0) is 4.57 Å². The Morgan fingerprint density at radius 2 is 1.94 bits per heavy atom. The Bertz CT molecular complexity index is 605. The molecule has 0 fully saturated rings. The predicted octanol–water partition coefficient (Wildman–Crippen LogP) is 1.16. The van der Waals surface area contributed by atoms with Crippen molar-refractivity contribution in [2.45, 2.75) is 6.92 Å². The number of aryl methyl sites for hydroxylation is 1. The first-order chi connectivity index (χ1) is 7.39. The fraction of sp³-hybridized carbons (Fsp3) is 0.300.